The Morgan fingerprint density at radius 3 is 3.00 bits per heavy atom. The van der Waals surface area contributed by atoms with Crippen LogP contribution in [-0.2, 0) is 4.74 Å². The van der Waals surface area contributed by atoms with Crippen molar-refractivity contribution in [1.29, 1.82) is 0 Å². The van der Waals surface area contributed by atoms with Crippen molar-refractivity contribution < 1.29 is 13.9 Å². The van der Waals surface area contributed by atoms with E-state index in [1.807, 2.05) is 0 Å². The first-order valence-electron chi connectivity index (χ1n) is 6.49. The second-order valence-corrected chi connectivity index (χ2v) is 4.69. The van der Waals surface area contributed by atoms with Crippen molar-refractivity contribution in [3.05, 3.63) is 41.5 Å². The van der Waals surface area contributed by atoms with Crippen LogP contribution in [0.3, 0.4) is 0 Å². The maximum atomic E-state index is 14.2. The molecule has 1 aromatic heterocycles. The van der Waals surface area contributed by atoms with E-state index < -0.39 is 11.7 Å². The van der Waals surface area contributed by atoms with Crippen LogP contribution in [0, 0.1) is 5.82 Å². The highest BCUT2D eigenvalue weighted by Gasteiger charge is 2.18. The first kappa shape index (κ1) is 13.7. The van der Waals surface area contributed by atoms with Gasteiger partial charge in [-0.25, -0.2) is 9.07 Å². The van der Waals surface area contributed by atoms with Crippen molar-refractivity contribution in [2.45, 2.75) is 6.10 Å². The number of aromatic nitrogens is 3. The molecule has 2 aromatic rings. The number of benzene rings is 1. The SMILES string of the molecule is NC(=O)c1cn(-c2ccc(C3CNCCO3)cc2F)nn1. The summed E-state index contributed by atoms with van der Waals surface area (Å²) in [7, 11) is 0. The third-order valence-electron chi connectivity index (χ3n) is 3.26. The fourth-order valence-corrected chi connectivity index (χ4v) is 2.18. The van der Waals surface area contributed by atoms with Crippen molar-refractivity contribution in [3.63, 3.8) is 0 Å². The van der Waals surface area contributed by atoms with Crippen LogP contribution in [0.15, 0.2) is 24.4 Å². The van der Waals surface area contributed by atoms with Crippen LogP contribution in [0.4, 0.5) is 4.39 Å². The van der Waals surface area contributed by atoms with E-state index in [1.54, 1.807) is 12.1 Å². The summed E-state index contributed by atoms with van der Waals surface area (Å²) >= 11 is 0. The molecule has 3 N–H and O–H groups in total. The summed E-state index contributed by atoms with van der Waals surface area (Å²) in [5, 5.41) is 10.5. The molecule has 0 aliphatic carbocycles. The highest BCUT2D eigenvalue weighted by Crippen LogP contribution is 2.22. The molecule has 1 aliphatic rings. The Morgan fingerprint density at radius 1 is 1.52 bits per heavy atom. The van der Waals surface area contributed by atoms with E-state index in [9.17, 15) is 9.18 Å². The number of carbonyl (C=O) groups is 1. The highest BCUT2D eigenvalue weighted by atomic mass is 19.1. The molecule has 0 radical (unpaired) electrons. The molecule has 1 unspecified atom stereocenters. The van der Waals surface area contributed by atoms with E-state index in [4.69, 9.17) is 10.5 Å². The molecule has 0 bridgehead atoms. The molecule has 7 nitrogen and oxygen atoms in total. The van der Waals surface area contributed by atoms with Gasteiger partial charge in [-0.15, -0.1) is 5.10 Å². The average Bonchev–Trinajstić information content (AvgIpc) is 2.98. The number of ether oxygens (including phenoxy) is 1. The molecule has 110 valence electrons. The van der Waals surface area contributed by atoms with Crippen molar-refractivity contribution in [3.8, 4) is 5.69 Å². The van der Waals surface area contributed by atoms with E-state index in [0.717, 1.165) is 12.1 Å². The fourth-order valence-electron chi connectivity index (χ4n) is 2.18. The summed E-state index contributed by atoms with van der Waals surface area (Å²) in [6.07, 6.45) is 1.12. The number of morpholine rings is 1. The Morgan fingerprint density at radius 2 is 2.38 bits per heavy atom. The highest BCUT2D eigenvalue weighted by molar-refractivity contribution is 5.90. The number of rotatable bonds is 3. The molecule has 1 aromatic carbocycles. The summed E-state index contributed by atoms with van der Waals surface area (Å²) in [6.45, 7) is 2.04. The minimum absolute atomic E-state index is 0.0155. The maximum absolute atomic E-state index is 14.2. The molecule has 1 aliphatic heterocycles. The number of halogens is 1. The van der Waals surface area contributed by atoms with E-state index in [1.165, 1.54) is 16.9 Å². The van der Waals surface area contributed by atoms with Gasteiger partial charge in [0.15, 0.2) is 5.69 Å². The topological polar surface area (TPSA) is 95.1 Å². The standard InChI is InChI=1S/C13H14FN5O2/c14-9-5-8(12-6-16-3-4-21-12)1-2-11(9)19-7-10(13(15)20)17-18-19/h1-2,5,7,12,16H,3-4,6H2,(H2,15,20). The lowest BCUT2D eigenvalue weighted by atomic mass is 10.1. The normalized spacial score (nSPS) is 18.6. The third-order valence-corrected chi connectivity index (χ3v) is 3.26. The molecule has 1 amide bonds. The van der Waals surface area contributed by atoms with Crippen LogP contribution in [0.25, 0.3) is 5.69 Å². The van der Waals surface area contributed by atoms with Crippen molar-refractivity contribution >= 4 is 5.91 Å². The van der Waals surface area contributed by atoms with E-state index in [0.29, 0.717) is 13.2 Å². The first-order chi connectivity index (χ1) is 10.1. The molecule has 2 heterocycles. The lowest BCUT2D eigenvalue weighted by Gasteiger charge is -2.24. The number of nitrogens with two attached hydrogens (primary N) is 1. The predicted octanol–water partition coefficient (Wildman–Crippen LogP) is 0.166. The van der Waals surface area contributed by atoms with Gasteiger partial charge in [0, 0.05) is 13.1 Å². The van der Waals surface area contributed by atoms with Gasteiger partial charge < -0.3 is 15.8 Å². The monoisotopic (exact) mass is 291 g/mol. The predicted molar refractivity (Wildman–Crippen MR) is 71.4 cm³/mol. The van der Waals surface area contributed by atoms with Crippen molar-refractivity contribution in [2.75, 3.05) is 19.7 Å². The minimum Gasteiger partial charge on any atom is -0.371 e. The lowest BCUT2D eigenvalue weighted by Crippen LogP contribution is -2.33. The largest absolute Gasteiger partial charge is 0.371 e. The van der Waals surface area contributed by atoms with Gasteiger partial charge in [-0.2, -0.15) is 0 Å². The fraction of sp³-hybridized carbons (Fsp3) is 0.308. The molecule has 21 heavy (non-hydrogen) atoms. The van der Waals surface area contributed by atoms with Gasteiger partial charge >= 0.3 is 0 Å². The lowest BCUT2D eigenvalue weighted by molar-refractivity contribution is 0.0275. The van der Waals surface area contributed by atoms with Gasteiger partial charge in [0.2, 0.25) is 0 Å². The zero-order valence-corrected chi connectivity index (χ0v) is 11.1. The molecule has 1 saturated heterocycles. The molecular formula is C13H14FN5O2. The Hall–Kier alpha value is -2.32. The molecule has 0 spiro atoms. The quantitative estimate of drug-likeness (QED) is 0.840. The second kappa shape index (κ2) is 5.58. The number of nitrogens with one attached hydrogen (secondary N) is 1. The van der Waals surface area contributed by atoms with E-state index in [-0.39, 0.29) is 17.5 Å². The third kappa shape index (κ3) is 2.76. The van der Waals surface area contributed by atoms with E-state index >= 15 is 0 Å². The number of amides is 1. The molecule has 1 atom stereocenters. The van der Waals surface area contributed by atoms with Crippen LogP contribution in [-0.4, -0.2) is 40.6 Å². The number of nitrogens with zero attached hydrogens (tertiary/aromatic N) is 3. The number of hydrogen-bond acceptors (Lipinski definition) is 5. The molecule has 1 fully saturated rings. The second-order valence-electron chi connectivity index (χ2n) is 4.69. The van der Waals surface area contributed by atoms with Gasteiger partial charge in [-0.05, 0) is 17.7 Å². The maximum Gasteiger partial charge on any atom is 0.270 e. The number of primary amides is 1. The van der Waals surface area contributed by atoms with Crippen molar-refractivity contribution in [2.24, 2.45) is 5.73 Å². The van der Waals surface area contributed by atoms with Crippen LogP contribution < -0.4 is 11.1 Å². The van der Waals surface area contributed by atoms with Crippen LogP contribution >= 0.6 is 0 Å². The Bertz CT molecular complexity index is 666. The van der Waals surface area contributed by atoms with Crippen LogP contribution in [0.5, 0.6) is 0 Å². The molecular weight excluding hydrogens is 277 g/mol. The van der Waals surface area contributed by atoms with Gasteiger partial charge in [0.05, 0.1) is 18.9 Å². The molecule has 0 saturated carbocycles. The smallest absolute Gasteiger partial charge is 0.270 e. The minimum atomic E-state index is -0.708. The zero-order chi connectivity index (χ0) is 14.8. The Kier molecular flexibility index (Phi) is 3.63. The average molecular weight is 291 g/mol. The summed E-state index contributed by atoms with van der Waals surface area (Å²) in [5.41, 5.74) is 6.02. The van der Waals surface area contributed by atoms with Crippen LogP contribution in [0.2, 0.25) is 0 Å². The summed E-state index contributed by atoms with van der Waals surface area (Å²) in [5.74, 6) is -1.18. The van der Waals surface area contributed by atoms with Gasteiger partial charge in [0.1, 0.15) is 11.5 Å². The summed E-state index contributed by atoms with van der Waals surface area (Å²) in [6, 6.07) is 4.74. The van der Waals surface area contributed by atoms with E-state index in [2.05, 4.69) is 15.6 Å². The van der Waals surface area contributed by atoms with Gasteiger partial charge in [-0.3, -0.25) is 4.79 Å². The van der Waals surface area contributed by atoms with Gasteiger partial charge in [0.25, 0.3) is 5.91 Å². The number of carbonyl (C=O) groups excluding carboxylic acids is 1. The van der Waals surface area contributed by atoms with Crippen LogP contribution in [0.1, 0.15) is 22.2 Å². The molecule has 8 heteroatoms. The molecule has 3 rings (SSSR count). The zero-order valence-electron chi connectivity index (χ0n) is 11.1. The Labute approximate surface area is 119 Å². The summed E-state index contributed by atoms with van der Waals surface area (Å²) in [4.78, 5) is 11.0. The first-order valence-corrected chi connectivity index (χ1v) is 6.49. The number of hydrogen-bond donors (Lipinski definition) is 2. The van der Waals surface area contributed by atoms with Gasteiger partial charge in [-0.1, -0.05) is 11.3 Å². The van der Waals surface area contributed by atoms with Crippen molar-refractivity contribution in [1.82, 2.24) is 20.3 Å². The summed E-state index contributed by atoms with van der Waals surface area (Å²) < 4.78 is 21.0. The Balaban J connectivity index is 1.88.